The van der Waals surface area contributed by atoms with E-state index in [1.54, 1.807) is 0 Å². The van der Waals surface area contributed by atoms with Crippen molar-refractivity contribution in [1.29, 1.82) is 0 Å². The van der Waals surface area contributed by atoms with E-state index in [1.807, 2.05) is 23.9 Å². The van der Waals surface area contributed by atoms with Crippen LogP contribution in [0, 0.1) is 0 Å². The Labute approximate surface area is 141 Å². The maximum absolute atomic E-state index is 6.08. The molecule has 1 nitrogen and oxygen atoms in total. The number of rotatable bonds is 3. The third-order valence-electron chi connectivity index (χ3n) is 4.21. The van der Waals surface area contributed by atoms with E-state index in [-0.39, 0.29) is 0 Å². The van der Waals surface area contributed by atoms with Crippen molar-refractivity contribution in [3.8, 4) is 11.5 Å². The van der Waals surface area contributed by atoms with Gasteiger partial charge in [0.1, 0.15) is 11.5 Å². The molecule has 0 amide bonds. The molecule has 23 heavy (non-hydrogen) atoms. The zero-order valence-corrected chi connectivity index (χ0v) is 13.9. The molecule has 0 aromatic heterocycles. The Bertz CT molecular complexity index is 837. The van der Waals surface area contributed by atoms with Gasteiger partial charge in [-0.25, -0.2) is 0 Å². The third-order valence-corrected chi connectivity index (χ3v) is 5.32. The molecule has 0 saturated carbocycles. The molecular formula is C21H18OS. The van der Waals surface area contributed by atoms with Crippen molar-refractivity contribution >= 4 is 11.8 Å². The predicted molar refractivity (Wildman–Crippen MR) is 95.7 cm³/mol. The lowest BCUT2D eigenvalue weighted by atomic mass is 10.0. The van der Waals surface area contributed by atoms with Gasteiger partial charge in [0, 0.05) is 21.8 Å². The van der Waals surface area contributed by atoms with Gasteiger partial charge >= 0.3 is 0 Å². The van der Waals surface area contributed by atoms with Crippen LogP contribution < -0.4 is 4.74 Å². The molecule has 2 heteroatoms. The molecule has 0 unspecified atom stereocenters. The number of aryl methyl sites for hydroxylation is 1. The highest BCUT2D eigenvalue weighted by Gasteiger charge is 2.19. The quantitative estimate of drug-likeness (QED) is 0.451. The monoisotopic (exact) mass is 318 g/mol. The number of para-hydroxylation sites is 1. The van der Waals surface area contributed by atoms with Crippen LogP contribution in [0.3, 0.4) is 0 Å². The lowest BCUT2D eigenvalue weighted by molar-refractivity contribution is 0.457. The molecule has 1 aliphatic heterocycles. The number of benzene rings is 3. The van der Waals surface area contributed by atoms with Crippen molar-refractivity contribution in [3.63, 3.8) is 0 Å². The summed E-state index contributed by atoms with van der Waals surface area (Å²) >= 11 is 1.82. The summed E-state index contributed by atoms with van der Waals surface area (Å²) in [6.07, 6.45) is 2.01. The maximum atomic E-state index is 6.08. The summed E-state index contributed by atoms with van der Waals surface area (Å²) in [4.78, 5) is 2.55. The second kappa shape index (κ2) is 6.13. The molecule has 3 aromatic carbocycles. The van der Waals surface area contributed by atoms with Crippen LogP contribution in [0.4, 0.5) is 0 Å². The van der Waals surface area contributed by atoms with Crippen molar-refractivity contribution in [3.05, 3.63) is 83.4 Å². The van der Waals surface area contributed by atoms with Crippen LogP contribution in [0.2, 0.25) is 0 Å². The van der Waals surface area contributed by atoms with Gasteiger partial charge in [0.25, 0.3) is 0 Å². The molecule has 0 atom stereocenters. The van der Waals surface area contributed by atoms with E-state index in [2.05, 4.69) is 61.5 Å². The molecule has 0 fully saturated rings. The standard InChI is InChI=1S/C21H18OS/c1-2-15-10-12-17(13-11-15)23-21-9-5-8-20-18(21)14-16-6-3-4-7-19(16)22-20/h3-13H,2,14H2,1H3. The Morgan fingerprint density at radius 2 is 1.65 bits per heavy atom. The SMILES string of the molecule is CCc1ccc(Sc2cccc3c2Cc2ccccc2O3)cc1. The van der Waals surface area contributed by atoms with E-state index in [4.69, 9.17) is 4.74 Å². The fourth-order valence-corrected chi connectivity index (χ4v) is 3.86. The molecule has 0 spiro atoms. The van der Waals surface area contributed by atoms with E-state index in [0.717, 1.165) is 24.3 Å². The van der Waals surface area contributed by atoms with Gasteiger partial charge in [-0.3, -0.25) is 0 Å². The average Bonchev–Trinajstić information content (AvgIpc) is 2.61. The third kappa shape index (κ3) is 2.87. The van der Waals surface area contributed by atoms with E-state index < -0.39 is 0 Å². The Kier molecular flexibility index (Phi) is 3.84. The van der Waals surface area contributed by atoms with E-state index in [0.29, 0.717) is 0 Å². The summed E-state index contributed by atoms with van der Waals surface area (Å²) in [6, 6.07) is 23.5. The molecule has 3 aromatic rings. The highest BCUT2D eigenvalue weighted by Crippen LogP contribution is 2.42. The Hall–Kier alpha value is -2.19. The lowest BCUT2D eigenvalue weighted by Crippen LogP contribution is -2.03. The molecule has 1 aliphatic rings. The predicted octanol–water partition coefficient (Wildman–Crippen LogP) is 6.10. The largest absolute Gasteiger partial charge is 0.457 e. The van der Waals surface area contributed by atoms with Crippen molar-refractivity contribution < 1.29 is 4.74 Å². The topological polar surface area (TPSA) is 9.23 Å². The second-order valence-electron chi connectivity index (χ2n) is 5.72. The van der Waals surface area contributed by atoms with Crippen LogP contribution in [0.25, 0.3) is 0 Å². The first kappa shape index (κ1) is 14.4. The fraction of sp³-hybridized carbons (Fsp3) is 0.143. The summed E-state index contributed by atoms with van der Waals surface area (Å²) in [5.74, 6) is 1.97. The van der Waals surface area contributed by atoms with Crippen molar-refractivity contribution in [2.45, 2.75) is 29.6 Å². The summed E-state index contributed by atoms with van der Waals surface area (Å²) in [5.41, 5.74) is 3.92. The highest BCUT2D eigenvalue weighted by molar-refractivity contribution is 7.99. The summed E-state index contributed by atoms with van der Waals surface area (Å²) < 4.78 is 6.08. The maximum Gasteiger partial charge on any atom is 0.132 e. The molecular weight excluding hydrogens is 300 g/mol. The summed E-state index contributed by atoms with van der Waals surface area (Å²) in [6.45, 7) is 2.19. The minimum Gasteiger partial charge on any atom is -0.457 e. The zero-order valence-electron chi connectivity index (χ0n) is 13.1. The number of ether oxygens (including phenoxy) is 1. The van der Waals surface area contributed by atoms with Crippen LogP contribution in [0.1, 0.15) is 23.6 Å². The first-order chi connectivity index (χ1) is 11.3. The molecule has 114 valence electrons. The van der Waals surface area contributed by atoms with Crippen LogP contribution in [0.15, 0.2) is 76.5 Å². The average molecular weight is 318 g/mol. The van der Waals surface area contributed by atoms with Gasteiger partial charge in [0.15, 0.2) is 0 Å². The van der Waals surface area contributed by atoms with Crippen LogP contribution in [-0.4, -0.2) is 0 Å². The van der Waals surface area contributed by atoms with Gasteiger partial charge in [-0.05, 0) is 47.9 Å². The molecule has 0 bridgehead atoms. The van der Waals surface area contributed by atoms with Crippen LogP contribution in [0.5, 0.6) is 11.5 Å². The molecule has 0 saturated heterocycles. The van der Waals surface area contributed by atoms with Gasteiger partial charge in [-0.2, -0.15) is 0 Å². The smallest absolute Gasteiger partial charge is 0.132 e. The fourth-order valence-electron chi connectivity index (χ4n) is 2.89. The number of fused-ring (bicyclic) bond motifs is 2. The Morgan fingerprint density at radius 1 is 0.870 bits per heavy atom. The van der Waals surface area contributed by atoms with Crippen LogP contribution in [-0.2, 0) is 12.8 Å². The molecule has 0 N–H and O–H groups in total. The van der Waals surface area contributed by atoms with Gasteiger partial charge in [-0.15, -0.1) is 0 Å². The van der Waals surface area contributed by atoms with Gasteiger partial charge < -0.3 is 4.74 Å². The summed E-state index contributed by atoms with van der Waals surface area (Å²) in [7, 11) is 0. The minimum atomic E-state index is 0.932. The minimum absolute atomic E-state index is 0.932. The Morgan fingerprint density at radius 3 is 2.48 bits per heavy atom. The summed E-state index contributed by atoms with van der Waals surface area (Å²) in [5, 5.41) is 0. The van der Waals surface area contributed by atoms with Crippen molar-refractivity contribution in [2.24, 2.45) is 0 Å². The van der Waals surface area contributed by atoms with E-state index in [9.17, 15) is 0 Å². The zero-order chi connectivity index (χ0) is 15.6. The van der Waals surface area contributed by atoms with Crippen LogP contribution >= 0.6 is 11.8 Å². The lowest BCUT2D eigenvalue weighted by Gasteiger charge is -2.22. The van der Waals surface area contributed by atoms with Gasteiger partial charge in [0.05, 0.1) is 0 Å². The van der Waals surface area contributed by atoms with E-state index in [1.165, 1.54) is 26.5 Å². The number of hydrogen-bond donors (Lipinski definition) is 0. The molecule has 0 radical (unpaired) electrons. The van der Waals surface area contributed by atoms with Crippen molar-refractivity contribution in [1.82, 2.24) is 0 Å². The van der Waals surface area contributed by atoms with Crippen molar-refractivity contribution in [2.75, 3.05) is 0 Å². The second-order valence-corrected chi connectivity index (χ2v) is 6.83. The van der Waals surface area contributed by atoms with E-state index >= 15 is 0 Å². The molecule has 1 heterocycles. The molecule has 0 aliphatic carbocycles. The first-order valence-electron chi connectivity index (χ1n) is 7.98. The highest BCUT2D eigenvalue weighted by atomic mass is 32.2. The number of hydrogen-bond acceptors (Lipinski definition) is 2. The Balaban J connectivity index is 1.66. The molecule has 4 rings (SSSR count). The van der Waals surface area contributed by atoms with Gasteiger partial charge in [-0.1, -0.05) is 55.1 Å². The van der Waals surface area contributed by atoms with Gasteiger partial charge in [0.2, 0.25) is 0 Å². The first-order valence-corrected chi connectivity index (χ1v) is 8.79. The normalized spacial score (nSPS) is 12.2.